The molecule has 1 aromatic carbocycles. The second-order valence-corrected chi connectivity index (χ2v) is 4.41. The van der Waals surface area contributed by atoms with Gasteiger partial charge in [-0.25, -0.2) is 4.98 Å². The molecule has 1 unspecified atom stereocenters. The van der Waals surface area contributed by atoms with Crippen molar-refractivity contribution in [1.82, 2.24) is 4.98 Å². The smallest absolute Gasteiger partial charge is 0.219 e. The van der Waals surface area contributed by atoms with Gasteiger partial charge in [-0.05, 0) is 37.1 Å². The van der Waals surface area contributed by atoms with Crippen LogP contribution < -0.4 is 10.5 Å². The number of nitrogens with zero attached hydrogens (tertiary/aromatic N) is 2. The third-order valence-corrected chi connectivity index (χ3v) is 2.82. The number of nitrogens with two attached hydrogens (primary N) is 1. The summed E-state index contributed by atoms with van der Waals surface area (Å²) in [6, 6.07) is 11.0. The van der Waals surface area contributed by atoms with Crippen molar-refractivity contribution in [3.63, 3.8) is 0 Å². The number of pyridine rings is 1. The standard InChI is InChI=1S/C15H15N3O/c1-10-3-4-12(8-16)7-14(10)19-15-6-5-13(9-18-15)11(2)17/h3-7,9,11H,17H2,1-2H3. The summed E-state index contributed by atoms with van der Waals surface area (Å²) in [4.78, 5) is 4.21. The van der Waals surface area contributed by atoms with Crippen LogP contribution in [0, 0.1) is 18.3 Å². The molecule has 0 amide bonds. The zero-order valence-electron chi connectivity index (χ0n) is 10.9. The molecule has 96 valence electrons. The molecule has 0 saturated carbocycles. The number of ether oxygens (including phenoxy) is 1. The highest BCUT2D eigenvalue weighted by Gasteiger charge is 2.05. The summed E-state index contributed by atoms with van der Waals surface area (Å²) in [5.74, 6) is 1.13. The van der Waals surface area contributed by atoms with Crippen molar-refractivity contribution in [3.05, 3.63) is 53.2 Å². The van der Waals surface area contributed by atoms with E-state index in [0.29, 0.717) is 17.2 Å². The zero-order chi connectivity index (χ0) is 13.8. The molecule has 4 heteroatoms. The molecule has 0 aliphatic heterocycles. The van der Waals surface area contributed by atoms with Crippen LogP contribution in [-0.2, 0) is 0 Å². The first-order valence-corrected chi connectivity index (χ1v) is 6.00. The van der Waals surface area contributed by atoms with E-state index in [1.165, 1.54) is 0 Å². The van der Waals surface area contributed by atoms with Crippen LogP contribution in [0.15, 0.2) is 36.5 Å². The lowest BCUT2D eigenvalue weighted by atomic mass is 10.1. The lowest BCUT2D eigenvalue weighted by Crippen LogP contribution is -2.05. The van der Waals surface area contributed by atoms with E-state index in [9.17, 15) is 0 Å². The van der Waals surface area contributed by atoms with Crippen molar-refractivity contribution in [1.29, 1.82) is 5.26 Å². The van der Waals surface area contributed by atoms with Crippen LogP contribution in [0.4, 0.5) is 0 Å². The van der Waals surface area contributed by atoms with Gasteiger partial charge in [0, 0.05) is 18.3 Å². The molecule has 0 radical (unpaired) electrons. The van der Waals surface area contributed by atoms with Crippen LogP contribution in [0.5, 0.6) is 11.6 Å². The Labute approximate surface area is 112 Å². The number of nitriles is 1. The van der Waals surface area contributed by atoms with Crippen LogP contribution in [0.25, 0.3) is 0 Å². The van der Waals surface area contributed by atoms with E-state index in [2.05, 4.69) is 11.1 Å². The Bertz CT molecular complexity index is 612. The maximum absolute atomic E-state index is 8.88. The van der Waals surface area contributed by atoms with Crippen molar-refractivity contribution in [3.8, 4) is 17.7 Å². The summed E-state index contributed by atoms with van der Waals surface area (Å²) in [5, 5.41) is 8.88. The van der Waals surface area contributed by atoms with Crippen LogP contribution in [-0.4, -0.2) is 4.98 Å². The van der Waals surface area contributed by atoms with Gasteiger partial charge in [0.15, 0.2) is 0 Å². The Hall–Kier alpha value is -2.38. The van der Waals surface area contributed by atoms with Gasteiger partial charge in [-0.2, -0.15) is 5.26 Å². The van der Waals surface area contributed by atoms with E-state index >= 15 is 0 Å². The normalized spacial score (nSPS) is 11.7. The molecule has 1 aromatic heterocycles. The van der Waals surface area contributed by atoms with E-state index < -0.39 is 0 Å². The van der Waals surface area contributed by atoms with Gasteiger partial charge in [0.25, 0.3) is 0 Å². The van der Waals surface area contributed by atoms with Crippen molar-refractivity contribution < 1.29 is 4.74 Å². The zero-order valence-corrected chi connectivity index (χ0v) is 10.9. The molecule has 0 aliphatic rings. The van der Waals surface area contributed by atoms with E-state index in [4.69, 9.17) is 15.7 Å². The monoisotopic (exact) mass is 253 g/mol. The summed E-state index contributed by atoms with van der Waals surface area (Å²) < 4.78 is 5.68. The lowest BCUT2D eigenvalue weighted by Gasteiger charge is -2.09. The van der Waals surface area contributed by atoms with Gasteiger partial charge >= 0.3 is 0 Å². The fraction of sp³-hybridized carbons (Fsp3) is 0.200. The molecule has 2 aromatic rings. The molecule has 1 heterocycles. The second kappa shape index (κ2) is 5.51. The Morgan fingerprint density at radius 1 is 1.32 bits per heavy atom. The van der Waals surface area contributed by atoms with E-state index in [1.807, 2.05) is 26.0 Å². The quantitative estimate of drug-likeness (QED) is 0.912. The van der Waals surface area contributed by atoms with Crippen LogP contribution >= 0.6 is 0 Å². The maximum Gasteiger partial charge on any atom is 0.219 e. The Kier molecular flexibility index (Phi) is 3.79. The number of hydrogen-bond acceptors (Lipinski definition) is 4. The molecule has 2 N–H and O–H groups in total. The van der Waals surface area contributed by atoms with E-state index in [0.717, 1.165) is 11.1 Å². The topological polar surface area (TPSA) is 71.9 Å². The van der Waals surface area contributed by atoms with Crippen molar-refractivity contribution in [2.45, 2.75) is 19.9 Å². The summed E-state index contributed by atoms with van der Waals surface area (Å²) in [5.41, 5.74) is 8.23. The van der Waals surface area contributed by atoms with E-state index in [-0.39, 0.29) is 6.04 Å². The second-order valence-electron chi connectivity index (χ2n) is 4.41. The van der Waals surface area contributed by atoms with Gasteiger partial charge in [-0.3, -0.25) is 0 Å². The molecule has 0 aliphatic carbocycles. The Morgan fingerprint density at radius 2 is 2.11 bits per heavy atom. The lowest BCUT2D eigenvalue weighted by molar-refractivity contribution is 0.458. The molecule has 0 fully saturated rings. The van der Waals surface area contributed by atoms with Gasteiger partial charge in [-0.1, -0.05) is 12.1 Å². The number of aryl methyl sites for hydroxylation is 1. The predicted molar refractivity (Wildman–Crippen MR) is 72.8 cm³/mol. The molecule has 0 saturated heterocycles. The van der Waals surface area contributed by atoms with E-state index in [1.54, 1.807) is 24.4 Å². The van der Waals surface area contributed by atoms with Gasteiger partial charge in [0.2, 0.25) is 5.88 Å². The Balaban J connectivity index is 2.24. The summed E-state index contributed by atoms with van der Waals surface area (Å²) in [6.45, 7) is 3.82. The van der Waals surface area contributed by atoms with Gasteiger partial charge in [-0.15, -0.1) is 0 Å². The average molecular weight is 253 g/mol. The Morgan fingerprint density at radius 3 is 2.68 bits per heavy atom. The summed E-state index contributed by atoms with van der Waals surface area (Å²) >= 11 is 0. The molecule has 0 spiro atoms. The van der Waals surface area contributed by atoms with Crippen molar-refractivity contribution in [2.24, 2.45) is 5.73 Å². The van der Waals surface area contributed by atoms with Crippen molar-refractivity contribution >= 4 is 0 Å². The fourth-order valence-electron chi connectivity index (χ4n) is 1.61. The first-order chi connectivity index (χ1) is 9.10. The highest BCUT2D eigenvalue weighted by atomic mass is 16.5. The van der Waals surface area contributed by atoms with Gasteiger partial charge < -0.3 is 10.5 Å². The minimum absolute atomic E-state index is 0.0507. The van der Waals surface area contributed by atoms with Crippen molar-refractivity contribution in [2.75, 3.05) is 0 Å². The third kappa shape index (κ3) is 3.09. The third-order valence-electron chi connectivity index (χ3n) is 2.82. The predicted octanol–water partition coefficient (Wildman–Crippen LogP) is 3.07. The number of rotatable bonds is 3. The highest BCUT2D eigenvalue weighted by Crippen LogP contribution is 2.25. The highest BCUT2D eigenvalue weighted by molar-refractivity contribution is 5.43. The first kappa shape index (κ1) is 13.1. The van der Waals surface area contributed by atoms with Crippen LogP contribution in [0.3, 0.4) is 0 Å². The molecule has 4 nitrogen and oxygen atoms in total. The summed E-state index contributed by atoms with van der Waals surface area (Å²) in [6.07, 6.45) is 1.70. The number of benzene rings is 1. The number of aromatic nitrogens is 1. The minimum Gasteiger partial charge on any atom is -0.439 e. The largest absolute Gasteiger partial charge is 0.439 e. The van der Waals surface area contributed by atoms with Crippen LogP contribution in [0.1, 0.15) is 29.7 Å². The molecule has 1 atom stereocenters. The number of hydrogen-bond donors (Lipinski definition) is 1. The van der Waals surface area contributed by atoms with Gasteiger partial charge in [0.1, 0.15) is 5.75 Å². The van der Waals surface area contributed by atoms with Gasteiger partial charge in [0.05, 0.1) is 11.6 Å². The average Bonchev–Trinajstić information content (AvgIpc) is 2.42. The fourth-order valence-corrected chi connectivity index (χ4v) is 1.61. The molecule has 0 bridgehead atoms. The molecular formula is C15H15N3O. The SMILES string of the molecule is Cc1ccc(C#N)cc1Oc1ccc(C(C)N)cn1. The minimum atomic E-state index is -0.0507. The first-order valence-electron chi connectivity index (χ1n) is 6.00. The molecule has 19 heavy (non-hydrogen) atoms. The molecule has 2 rings (SSSR count). The maximum atomic E-state index is 8.88. The summed E-state index contributed by atoms with van der Waals surface area (Å²) in [7, 11) is 0. The molecular weight excluding hydrogens is 238 g/mol. The van der Waals surface area contributed by atoms with Crippen LogP contribution in [0.2, 0.25) is 0 Å².